The first-order chi connectivity index (χ1) is 14.0. The number of halogens is 1. The van der Waals surface area contributed by atoms with E-state index in [0.717, 1.165) is 16.9 Å². The number of nitrogens with zero attached hydrogens (tertiary/aromatic N) is 4. The number of fused-ring (bicyclic) bond motifs is 4. The first-order valence-corrected chi connectivity index (χ1v) is 10.1. The molecule has 3 aromatic rings. The fraction of sp³-hybridized carbons (Fsp3) is 0.190. The number of aliphatic imine (C=N–C) groups is 1. The highest BCUT2D eigenvalue weighted by Crippen LogP contribution is 2.53. The largest absolute Gasteiger partial charge is 0.455 e. The summed E-state index contributed by atoms with van der Waals surface area (Å²) < 4.78 is 20.5. The molecule has 1 spiro atoms. The molecule has 0 saturated carbocycles. The molecule has 29 heavy (non-hydrogen) atoms. The second kappa shape index (κ2) is 6.45. The minimum absolute atomic E-state index is 0.294. The minimum Gasteiger partial charge on any atom is -0.455 e. The van der Waals surface area contributed by atoms with Gasteiger partial charge in [0.25, 0.3) is 0 Å². The minimum atomic E-state index is -0.716. The van der Waals surface area contributed by atoms with Crippen LogP contribution >= 0.6 is 11.8 Å². The summed E-state index contributed by atoms with van der Waals surface area (Å²) in [5.74, 6) is 2.37. The van der Waals surface area contributed by atoms with Gasteiger partial charge in [-0.05, 0) is 36.4 Å². The highest BCUT2D eigenvalue weighted by molar-refractivity contribution is 8.14. The normalized spacial score (nSPS) is 19.3. The van der Waals surface area contributed by atoms with E-state index in [0.29, 0.717) is 33.7 Å². The van der Waals surface area contributed by atoms with Gasteiger partial charge in [0.2, 0.25) is 0 Å². The molecule has 8 heteroatoms. The van der Waals surface area contributed by atoms with Gasteiger partial charge in [0.15, 0.2) is 10.9 Å². The lowest BCUT2D eigenvalue weighted by Gasteiger charge is -2.35. The van der Waals surface area contributed by atoms with Crippen LogP contribution in [-0.2, 0) is 5.54 Å². The van der Waals surface area contributed by atoms with Crippen molar-refractivity contribution in [1.29, 1.82) is 0 Å². The molecular weight excluding hydrogens is 389 g/mol. The number of amidine groups is 1. The molecule has 2 N–H and O–H groups in total. The maximum Gasteiger partial charge on any atom is 0.155 e. The van der Waals surface area contributed by atoms with Crippen LogP contribution in [-0.4, -0.2) is 35.0 Å². The topological polar surface area (TPSA) is 76.6 Å². The number of thioether (sulfide) groups is 1. The van der Waals surface area contributed by atoms with Crippen LogP contribution in [0.4, 0.5) is 10.2 Å². The van der Waals surface area contributed by atoms with Crippen LogP contribution in [0, 0.1) is 5.82 Å². The number of benzene rings is 1. The summed E-state index contributed by atoms with van der Waals surface area (Å²) in [5, 5.41) is 0.515. The zero-order chi connectivity index (χ0) is 20.2. The van der Waals surface area contributed by atoms with E-state index in [1.165, 1.54) is 17.8 Å². The number of hydrogen-bond acceptors (Lipinski definition) is 7. The SMILES string of the molecule is CN(C)c1cc2c(cn1)Oc1ccc(-c3ncccc3F)cc1C21CSC(N)=N1. The fourth-order valence-corrected chi connectivity index (χ4v) is 4.69. The summed E-state index contributed by atoms with van der Waals surface area (Å²) in [4.78, 5) is 15.4. The summed E-state index contributed by atoms with van der Waals surface area (Å²) >= 11 is 1.50. The molecule has 0 saturated heterocycles. The lowest BCUT2D eigenvalue weighted by Crippen LogP contribution is -2.31. The lowest BCUT2D eigenvalue weighted by molar-refractivity contribution is 0.414. The Bertz CT molecular complexity index is 1170. The van der Waals surface area contributed by atoms with Crippen molar-refractivity contribution in [3.05, 3.63) is 65.7 Å². The third-order valence-electron chi connectivity index (χ3n) is 5.16. The third-order valence-corrected chi connectivity index (χ3v) is 6.11. The van der Waals surface area contributed by atoms with Gasteiger partial charge in [-0.25, -0.2) is 14.4 Å². The second-order valence-electron chi connectivity index (χ2n) is 7.18. The molecule has 2 aliphatic heterocycles. The molecule has 2 aromatic heterocycles. The summed E-state index contributed by atoms with van der Waals surface area (Å²) in [7, 11) is 3.87. The standard InChI is InChI=1S/C21H18FN5OS/c1-27(2)18-9-14-17(10-25-18)28-16-6-5-12(19-15(22)4-3-7-24-19)8-13(16)21(14)11-29-20(23)26-21/h3-10H,11H2,1-2H3,(H2,23,26). The van der Waals surface area contributed by atoms with Crippen molar-refractivity contribution < 1.29 is 9.13 Å². The molecule has 4 heterocycles. The third kappa shape index (κ3) is 2.74. The maximum absolute atomic E-state index is 14.4. The highest BCUT2D eigenvalue weighted by atomic mass is 32.2. The van der Waals surface area contributed by atoms with Gasteiger partial charge in [-0.2, -0.15) is 0 Å². The molecule has 146 valence electrons. The maximum atomic E-state index is 14.4. The Kier molecular flexibility index (Phi) is 3.99. The molecule has 6 nitrogen and oxygen atoms in total. The van der Waals surface area contributed by atoms with Crippen molar-refractivity contribution in [1.82, 2.24) is 9.97 Å². The molecule has 1 atom stereocenters. The van der Waals surface area contributed by atoms with Crippen molar-refractivity contribution in [2.24, 2.45) is 10.7 Å². The predicted molar refractivity (Wildman–Crippen MR) is 113 cm³/mol. The number of ether oxygens (including phenoxy) is 1. The van der Waals surface area contributed by atoms with Gasteiger partial charge in [0.1, 0.15) is 28.6 Å². The average Bonchev–Trinajstić information content (AvgIpc) is 3.10. The number of nitrogens with two attached hydrogens (primary N) is 1. The van der Waals surface area contributed by atoms with Gasteiger partial charge in [0, 0.05) is 42.7 Å². The van der Waals surface area contributed by atoms with E-state index in [1.807, 2.05) is 37.2 Å². The van der Waals surface area contributed by atoms with E-state index >= 15 is 0 Å². The monoisotopic (exact) mass is 407 g/mol. The summed E-state index contributed by atoms with van der Waals surface area (Å²) in [6.45, 7) is 0. The second-order valence-corrected chi connectivity index (χ2v) is 8.17. The Hall–Kier alpha value is -3.13. The predicted octanol–water partition coefficient (Wildman–Crippen LogP) is 3.76. The summed E-state index contributed by atoms with van der Waals surface area (Å²) in [6, 6.07) is 10.5. The van der Waals surface area contributed by atoms with Crippen molar-refractivity contribution in [2.75, 3.05) is 24.7 Å². The van der Waals surface area contributed by atoms with E-state index < -0.39 is 5.54 Å². The Balaban J connectivity index is 1.74. The molecule has 0 amide bonds. The Morgan fingerprint density at radius 2 is 1.97 bits per heavy atom. The van der Waals surface area contributed by atoms with Gasteiger partial charge in [-0.3, -0.25) is 4.98 Å². The van der Waals surface area contributed by atoms with Crippen molar-refractivity contribution in [3.8, 4) is 22.8 Å². The number of hydrogen-bond donors (Lipinski definition) is 1. The molecular formula is C21H18FN5OS. The van der Waals surface area contributed by atoms with Gasteiger partial charge in [-0.15, -0.1) is 0 Å². The van der Waals surface area contributed by atoms with Crippen LogP contribution in [0.2, 0.25) is 0 Å². The van der Waals surface area contributed by atoms with Crippen LogP contribution < -0.4 is 15.4 Å². The van der Waals surface area contributed by atoms with Gasteiger partial charge < -0.3 is 15.4 Å². The van der Waals surface area contributed by atoms with Crippen molar-refractivity contribution >= 4 is 22.7 Å². The van der Waals surface area contributed by atoms with Crippen LogP contribution in [0.25, 0.3) is 11.3 Å². The molecule has 0 aliphatic carbocycles. The van der Waals surface area contributed by atoms with E-state index in [2.05, 4.69) is 9.97 Å². The van der Waals surface area contributed by atoms with Crippen molar-refractivity contribution in [3.63, 3.8) is 0 Å². The average molecular weight is 407 g/mol. The zero-order valence-electron chi connectivity index (χ0n) is 15.9. The van der Waals surface area contributed by atoms with Crippen LogP contribution in [0.1, 0.15) is 11.1 Å². The van der Waals surface area contributed by atoms with Gasteiger partial charge in [0.05, 0.1) is 6.20 Å². The van der Waals surface area contributed by atoms with Crippen LogP contribution in [0.15, 0.2) is 53.8 Å². The number of anilines is 1. The van der Waals surface area contributed by atoms with Gasteiger partial charge in [-0.1, -0.05) is 11.8 Å². The first-order valence-electron chi connectivity index (χ1n) is 9.07. The van der Waals surface area contributed by atoms with E-state index in [9.17, 15) is 4.39 Å². The van der Waals surface area contributed by atoms with Crippen LogP contribution in [0.5, 0.6) is 11.5 Å². The number of pyridine rings is 2. The van der Waals surface area contributed by atoms with E-state index in [4.69, 9.17) is 15.5 Å². The molecule has 1 aromatic carbocycles. The molecule has 2 aliphatic rings. The summed E-state index contributed by atoms with van der Waals surface area (Å²) in [5.41, 5.74) is 8.09. The number of aromatic nitrogens is 2. The smallest absolute Gasteiger partial charge is 0.155 e. The van der Waals surface area contributed by atoms with Crippen molar-refractivity contribution in [2.45, 2.75) is 5.54 Å². The lowest BCUT2D eigenvalue weighted by atomic mass is 9.81. The molecule has 0 bridgehead atoms. The molecule has 1 unspecified atom stereocenters. The molecule has 5 rings (SSSR count). The van der Waals surface area contributed by atoms with E-state index in [1.54, 1.807) is 24.5 Å². The molecule has 0 fully saturated rings. The zero-order valence-corrected chi connectivity index (χ0v) is 16.7. The van der Waals surface area contributed by atoms with E-state index in [-0.39, 0.29) is 5.82 Å². The van der Waals surface area contributed by atoms with Crippen LogP contribution in [0.3, 0.4) is 0 Å². The fourth-order valence-electron chi connectivity index (χ4n) is 3.74. The Morgan fingerprint density at radius 3 is 2.69 bits per heavy atom. The number of rotatable bonds is 2. The summed E-state index contributed by atoms with van der Waals surface area (Å²) in [6.07, 6.45) is 3.30. The van der Waals surface area contributed by atoms with Gasteiger partial charge >= 0.3 is 0 Å². The molecule has 0 radical (unpaired) electrons. The Labute approximate surface area is 171 Å². The first kappa shape index (κ1) is 17.9. The Morgan fingerprint density at radius 1 is 1.14 bits per heavy atom. The highest BCUT2D eigenvalue weighted by Gasteiger charge is 2.46. The quantitative estimate of drug-likeness (QED) is 0.697.